The van der Waals surface area contributed by atoms with Crippen molar-refractivity contribution in [1.82, 2.24) is 0 Å². The van der Waals surface area contributed by atoms with E-state index in [1.807, 2.05) is 0 Å². The Morgan fingerprint density at radius 3 is 1.50 bits per heavy atom. The van der Waals surface area contributed by atoms with Crippen molar-refractivity contribution in [3.8, 4) is 0 Å². The largest absolute Gasteiger partial charge is 0.673 e. The maximum Gasteiger partial charge on any atom is 0.673 e. The molecule has 86 valence electrons. The Kier molecular flexibility index (Phi) is 5.31. The average molecular weight is 246 g/mol. The molecule has 0 fully saturated rings. The molecule has 0 aromatic heterocycles. The summed E-state index contributed by atoms with van der Waals surface area (Å²) in [5.74, 6) is 0. The molecule has 0 aromatic rings. The van der Waals surface area contributed by atoms with Gasteiger partial charge in [0.1, 0.15) is 6.29 Å². The van der Waals surface area contributed by atoms with Crippen molar-refractivity contribution in [3.05, 3.63) is 0 Å². The third kappa shape index (κ3) is 8.70. The van der Waals surface area contributed by atoms with Crippen molar-refractivity contribution < 1.29 is 37.6 Å². The highest BCUT2D eigenvalue weighted by molar-refractivity contribution is 6.49. The zero-order valence-corrected chi connectivity index (χ0v) is 9.49. The molecule has 0 saturated carbocycles. The molecule has 0 heterocycles. The highest BCUT2D eigenvalue weighted by Gasteiger charge is 2.41. The lowest BCUT2D eigenvalue weighted by atomic mass is 10.3. The zero-order chi connectivity index (χ0) is 11.4. The van der Waals surface area contributed by atoms with E-state index in [1.54, 1.807) is 6.92 Å². The van der Waals surface area contributed by atoms with Gasteiger partial charge in [0.15, 0.2) is 0 Å². The second-order valence-electron chi connectivity index (χ2n) is 2.60. The Hall–Kier alpha value is 0.114. The van der Waals surface area contributed by atoms with Gasteiger partial charge in [0.05, 0.1) is 0 Å². The molecule has 0 radical (unpaired) electrons. The fourth-order valence-corrected chi connectivity index (χ4v) is 1.86. The molecule has 14 heavy (non-hydrogen) atoms. The molecule has 0 atom stereocenters. The van der Waals surface area contributed by atoms with Gasteiger partial charge < -0.3 is 37.6 Å². The van der Waals surface area contributed by atoms with E-state index in [9.17, 15) is 0 Å². The molecule has 0 saturated heterocycles. The Morgan fingerprint density at radius 1 is 0.929 bits per heavy atom. The molecule has 0 spiro atoms. The maximum absolute atomic E-state index is 8.53. The zero-order valence-electron chi connectivity index (χ0n) is 7.49. The van der Waals surface area contributed by atoms with Crippen LogP contribution in [0.1, 0.15) is 19.8 Å². The van der Waals surface area contributed by atoms with E-state index in [0.717, 1.165) is 0 Å². The van der Waals surface area contributed by atoms with E-state index in [1.165, 1.54) is 0 Å². The van der Waals surface area contributed by atoms with Gasteiger partial charge in [-0.05, 0) is 6.42 Å². The van der Waals surface area contributed by atoms with Gasteiger partial charge in [-0.15, -0.1) is 0 Å². The molecule has 0 bridgehead atoms. The Labute approximate surface area is 82.6 Å². The first-order valence-corrected chi connectivity index (χ1v) is 7.34. The lowest BCUT2D eigenvalue weighted by molar-refractivity contribution is -0.118. The van der Waals surface area contributed by atoms with Gasteiger partial charge in [-0.1, -0.05) is 13.3 Å². The third-order valence-electron chi connectivity index (χ3n) is 1.10. The van der Waals surface area contributed by atoms with Gasteiger partial charge in [0, 0.05) is 0 Å². The molecule has 0 aliphatic heterocycles. The van der Waals surface area contributed by atoms with Crippen molar-refractivity contribution in [3.63, 3.8) is 0 Å². The minimum Gasteiger partial charge on any atom is -0.368 e. The molecule has 0 unspecified atom stereocenters. The van der Waals surface area contributed by atoms with Crippen LogP contribution in [0.15, 0.2) is 0 Å². The normalized spacial score (nSPS) is 13.7. The van der Waals surface area contributed by atoms with Crippen molar-refractivity contribution in [1.29, 1.82) is 0 Å². The molecule has 8 nitrogen and oxygen atoms in total. The van der Waals surface area contributed by atoms with Crippen LogP contribution in [0.4, 0.5) is 0 Å². The first-order valence-electron chi connectivity index (χ1n) is 3.84. The molecule has 0 rings (SSSR count). The van der Waals surface area contributed by atoms with Crippen LogP contribution in [0, 0.1) is 0 Å². The molecular weight excluding hydrogens is 232 g/mol. The summed E-state index contributed by atoms with van der Waals surface area (Å²) in [6.45, 7) is 1.68. The van der Waals surface area contributed by atoms with Crippen LogP contribution in [0.25, 0.3) is 0 Å². The van der Waals surface area contributed by atoms with Crippen LogP contribution in [-0.4, -0.2) is 53.2 Å². The average Bonchev–Trinajstić information content (AvgIpc) is 1.78. The summed E-state index contributed by atoms with van der Waals surface area (Å²) in [5.41, 5.74) is 0. The molecule has 6 N–H and O–H groups in total. The summed E-state index contributed by atoms with van der Waals surface area (Å²) in [7, 11) is -9.59. The van der Waals surface area contributed by atoms with Crippen molar-refractivity contribution in [2.75, 3.05) is 0 Å². The van der Waals surface area contributed by atoms with Gasteiger partial charge in [-0.2, -0.15) is 0 Å². The van der Waals surface area contributed by atoms with Crippen molar-refractivity contribution >= 4 is 18.1 Å². The monoisotopic (exact) mass is 246 g/mol. The second-order valence-corrected chi connectivity index (χ2v) is 5.37. The number of rotatable bonds is 6. The minimum absolute atomic E-state index is 0.0624. The minimum atomic E-state index is -4.79. The Balaban J connectivity index is 4.16. The van der Waals surface area contributed by atoms with E-state index in [2.05, 4.69) is 8.85 Å². The highest BCUT2D eigenvalue weighted by atomic mass is 28.4. The van der Waals surface area contributed by atoms with Crippen molar-refractivity contribution in [2.45, 2.75) is 26.1 Å². The van der Waals surface area contributed by atoms with Crippen molar-refractivity contribution in [2.24, 2.45) is 0 Å². The highest BCUT2D eigenvalue weighted by Crippen LogP contribution is 2.10. The Bertz CT molecular complexity index is 146. The van der Waals surface area contributed by atoms with E-state index in [0.29, 0.717) is 6.42 Å². The van der Waals surface area contributed by atoms with Crippen LogP contribution in [0.3, 0.4) is 0 Å². The van der Waals surface area contributed by atoms with Gasteiger partial charge in [0.2, 0.25) is 0 Å². The fraction of sp³-hybridized carbons (Fsp3) is 1.00. The summed E-state index contributed by atoms with van der Waals surface area (Å²) in [4.78, 5) is 51.2. The molecule has 0 aliphatic carbocycles. The van der Waals surface area contributed by atoms with Crippen LogP contribution in [-0.2, 0) is 8.85 Å². The fourth-order valence-electron chi connectivity index (χ4n) is 0.730. The predicted molar refractivity (Wildman–Crippen MR) is 45.7 cm³/mol. The lowest BCUT2D eigenvalue weighted by Crippen LogP contribution is -2.49. The van der Waals surface area contributed by atoms with Crippen LogP contribution >= 0.6 is 0 Å². The Morgan fingerprint density at radius 2 is 1.29 bits per heavy atom. The third-order valence-corrected chi connectivity index (χ3v) is 2.26. The smallest absolute Gasteiger partial charge is 0.368 e. The predicted octanol–water partition coefficient (Wildman–Crippen LogP) is -3.03. The quantitative estimate of drug-likeness (QED) is 0.215. The topological polar surface area (TPSA) is 140 Å². The summed E-state index contributed by atoms with van der Waals surface area (Å²) in [6, 6.07) is 0. The van der Waals surface area contributed by atoms with Gasteiger partial charge >= 0.3 is 18.1 Å². The lowest BCUT2D eigenvalue weighted by Gasteiger charge is -2.23. The first kappa shape index (κ1) is 14.1. The molecule has 10 heteroatoms. The SMILES string of the molecule is CCCC(O[Si](O)(O)O)O[Si](O)(O)O. The first-order chi connectivity index (χ1) is 6.14. The van der Waals surface area contributed by atoms with E-state index >= 15 is 0 Å². The maximum atomic E-state index is 8.53. The molecule has 0 aromatic carbocycles. The number of hydrogen-bond acceptors (Lipinski definition) is 8. The van der Waals surface area contributed by atoms with Gasteiger partial charge in [0.25, 0.3) is 0 Å². The van der Waals surface area contributed by atoms with E-state index < -0.39 is 24.4 Å². The molecule has 0 aliphatic rings. The van der Waals surface area contributed by atoms with Gasteiger partial charge in [-0.25, -0.2) is 0 Å². The summed E-state index contributed by atoms with van der Waals surface area (Å²) in [6.07, 6.45) is -0.940. The van der Waals surface area contributed by atoms with Crippen LogP contribution in [0.5, 0.6) is 0 Å². The summed E-state index contributed by atoms with van der Waals surface area (Å²) in [5, 5.41) is 0. The van der Waals surface area contributed by atoms with E-state index in [-0.39, 0.29) is 6.42 Å². The molecule has 0 amide bonds. The van der Waals surface area contributed by atoms with Crippen LogP contribution < -0.4 is 0 Å². The van der Waals surface area contributed by atoms with E-state index in [4.69, 9.17) is 28.8 Å². The standard InChI is InChI=1S/C4H14O8Si2/c1-2-3-4(11-13(5,6)7)12-14(8,9)10/h4-10H,2-3H2,1H3. The molecular formula is C4H14O8Si2. The van der Waals surface area contributed by atoms with Crippen LogP contribution in [0.2, 0.25) is 0 Å². The number of hydrogen-bond donors (Lipinski definition) is 6. The van der Waals surface area contributed by atoms with Gasteiger partial charge in [-0.3, -0.25) is 0 Å². The second kappa shape index (κ2) is 5.27. The summed E-state index contributed by atoms with van der Waals surface area (Å²) >= 11 is 0. The summed E-state index contributed by atoms with van der Waals surface area (Å²) < 4.78 is 8.38.